The summed E-state index contributed by atoms with van der Waals surface area (Å²) in [5, 5.41) is 0. The fourth-order valence-corrected chi connectivity index (χ4v) is 3.40. The van der Waals surface area contributed by atoms with Crippen LogP contribution in [0.25, 0.3) is 0 Å². The van der Waals surface area contributed by atoms with E-state index in [0.717, 1.165) is 37.9 Å². The summed E-state index contributed by atoms with van der Waals surface area (Å²) in [7, 11) is 0. The zero-order valence-electron chi connectivity index (χ0n) is 12.5. The third-order valence-corrected chi connectivity index (χ3v) is 5.25. The first kappa shape index (κ1) is 14.5. The highest BCUT2D eigenvalue weighted by Gasteiger charge is 2.54. The normalized spacial score (nSPS) is 41.9. The lowest BCUT2D eigenvalue weighted by atomic mass is 9.75. The molecule has 108 valence electrons. The predicted octanol–water partition coefficient (Wildman–Crippen LogP) is 3.22. The molecule has 0 amide bonds. The predicted molar refractivity (Wildman–Crippen MR) is 73.5 cm³/mol. The molecule has 2 saturated carbocycles. The van der Waals surface area contributed by atoms with Crippen molar-refractivity contribution in [2.45, 2.75) is 59.0 Å². The van der Waals surface area contributed by atoms with Gasteiger partial charge in [-0.3, -0.25) is 4.79 Å². The maximum atomic E-state index is 12.1. The molecular formula is C16H26O3. The number of hydrogen-bond donors (Lipinski definition) is 0. The molecule has 0 aromatic heterocycles. The van der Waals surface area contributed by atoms with Gasteiger partial charge in [-0.2, -0.15) is 0 Å². The van der Waals surface area contributed by atoms with Crippen molar-refractivity contribution >= 4 is 12.3 Å². The molecule has 19 heavy (non-hydrogen) atoms. The van der Waals surface area contributed by atoms with Gasteiger partial charge in [0, 0.05) is 5.92 Å². The number of ether oxygens (including phenoxy) is 1. The molecule has 0 N–H and O–H groups in total. The average molecular weight is 266 g/mol. The van der Waals surface area contributed by atoms with Crippen LogP contribution in [0.3, 0.4) is 0 Å². The number of aldehydes is 1. The van der Waals surface area contributed by atoms with Gasteiger partial charge >= 0.3 is 5.97 Å². The minimum Gasteiger partial charge on any atom is -0.459 e. The largest absolute Gasteiger partial charge is 0.459 e. The summed E-state index contributed by atoms with van der Waals surface area (Å²) in [5.74, 6) is 1.19. The van der Waals surface area contributed by atoms with Crippen LogP contribution in [0.2, 0.25) is 0 Å². The van der Waals surface area contributed by atoms with E-state index in [1.165, 1.54) is 0 Å². The Bertz CT molecular complexity index is 353. The van der Waals surface area contributed by atoms with Crippen LogP contribution in [0.1, 0.15) is 53.4 Å². The number of rotatable bonds is 4. The van der Waals surface area contributed by atoms with E-state index in [0.29, 0.717) is 5.92 Å². The molecule has 0 aromatic rings. The van der Waals surface area contributed by atoms with Crippen molar-refractivity contribution in [1.29, 1.82) is 0 Å². The second kappa shape index (κ2) is 5.26. The van der Waals surface area contributed by atoms with E-state index in [-0.39, 0.29) is 29.3 Å². The molecule has 0 spiro atoms. The SMILES string of the molecule is CC(C)C1CCC(C)(OC(=O)C2C(C)C2C=O)CC1. The number of carbonyl (C=O) groups is 2. The van der Waals surface area contributed by atoms with Crippen molar-refractivity contribution in [3.63, 3.8) is 0 Å². The Hall–Kier alpha value is -0.860. The zero-order valence-corrected chi connectivity index (χ0v) is 12.5. The van der Waals surface area contributed by atoms with Crippen molar-refractivity contribution in [3.8, 4) is 0 Å². The summed E-state index contributed by atoms with van der Waals surface area (Å²) in [4.78, 5) is 22.9. The second-order valence-corrected chi connectivity index (χ2v) is 7.05. The van der Waals surface area contributed by atoms with E-state index in [2.05, 4.69) is 13.8 Å². The number of esters is 1. The number of hydrogen-bond acceptors (Lipinski definition) is 3. The van der Waals surface area contributed by atoms with Crippen LogP contribution in [0.4, 0.5) is 0 Å². The van der Waals surface area contributed by atoms with Gasteiger partial charge in [-0.25, -0.2) is 0 Å². The Kier molecular flexibility index (Phi) is 4.03. The van der Waals surface area contributed by atoms with Crippen LogP contribution in [0.15, 0.2) is 0 Å². The lowest BCUT2D eigenvalue weighted by molar-refractivity contribution is -0.165. The molecule has 0 radical (unpaired) electrons. The first-order valence-corrected chi connectivity index (χ1v) is 7.56. The summed E-state index contributed by atoms with van der Waals surface area (Å²) in [6.07, 6.45) is 5.08. The second-order valence-electron chi connectivity index (χ2n) is 7.05. The van der Waals surface area contributed by atoms with E-state index in [1.807, 2.05) is 13.8 Å². The molecule has 0 saturated heterocycles. The molecule has 0 aliphatic heterocycles. The van der Waals surface area contributed by atoms with E-state index >= 15 is 0 Å². The molecule has 2 aliphatic rings. The summed E-state index contributed by atoms with van der Waals surface area (Å²) >= 11 is 0. The Morgan fingerprint density at radius 3 is 2.32 bits per heavy atom. The van der Waals surface area contributed by atoms with Crippen LogP contribution in [-0.4, -0.2) is 17.9 Å². The van der Waals surface area contributed by atoms with Crippen molar-refractivity contribution in [2.75, 3.05) is 0 Å². The molecule has 3 nitrogen and oxygen atoms in total. The lowest BCUT2D eigenvalue weighted by Gasteiger charge is -2.38. The lowest BCUT2D eigenvalue weighted by Crippen LogP contribution is -2.37. The molecule has 3 unspecified atom stereocenters. The summed E-state index contributed by atoms with van der Waals surface area (Å²) in [6.45, 7) is 8.52. The Labute approximate surface area is 116 Å². The fraction of sp³-hybridized carbons (Fsp3) is 0.875. The number of carbonyl (C=O) groups excluding carboxylic acids is 2. The third-order valence-electron chi connectivity index (χ3n) is 5.25. The maximum Gasteiger partial charge on any atom is 0.310 e. The smallest absolute Gasteiger partial charge is 0.310 e. The van der Waals surface area contributed by atoms with Crippen molar-refractivity contribution in [2.24, 2.45) is 29.6 Å². The average Bonchev–Trinajstić information content (AvgIpc) is 3.00. The van der Waals surface area contributed by atoms with Crippen LogP contribution in [0, 0.1) is 29.6 Å². The van der Waals surface area contributed by atoms with E-state index in [1.54, 1.807) is 0 Å². The van der Waals surface area contributed by atoms with Gasteiger partial charge < -0.3 is 9.53 Å². The van der Waals surface area contributed by atoms with Gasteiger partial charge in [0.15, 0.2) is 0 Å². The summed E-state index contributed by atoms with van der Waals surface area (Å²) in [6, 6.07) is 0. The molecule has 0 heterocycles. The molecule has 3 atom stereocenters. The first-order chi connectivity index (χ1) is 8.88. The highest BCUT2D eigenvalue weighted by atomic mass is 16.6. The summed E-state index contributed by atoms with van der Waals surface area (Å²) in [5.41, 5.74) is -0.307. The van der Waals surface area contributed by atoms with Gasteiger partial charge in [0.05, 0.1) is 5.92 Å². The maximum absolute atomic E-state index is 12.1. The van der Waals surface area contributed by atoms with Crippen LogP contribution in [-0.2, 0) is 14.3 Å². The Morgan fingerprint density at radius 1 is 1.32 bits per heavy atom. The molecular weight excluding hydrogens is 240 g/mol. The zero-order chi connectivity index (χ0) is 14.2. The van der Waals surface area contributed by atoms with Crippen LogP contribution < -0.4 is 0 Å². The topological polar surface area (TPSA) is 43.4 Å². The Balaban J connectivity index is 1.86. The first-order valence-electron chi connectivity index (χ1n) is 7.56. The molecule has 0 aromatic carbocycles. The van der Waals surface area contributed by atoms with E-state index in [9.17, 15) is 9.59 Å². The van der Waals surface area contributed by atoms with Gasteiger partial charge in [-0.1, -0.05) is 20.8 Å². The van der Waals surface area contributed by atoms with Gasteiger partial charge in [-0.15, -0.1) is 0 Å². The van der Waals surface area contributed by atoms with Crippen molar-refractivity contribution in [3.05, 3.63) is 0 Å². The standard InChI is InChI=1S/C16H26O3/c1-10(2)12-5-7-16(4,8-6-12)19-15(18)14-11(3)13(14)9-17/h9-14H,5-8H2,1-4H3. The third kappa shape index (κ3) is 3.01. The Morgan fingerprint density at radius 2 is 1.89 bits per heavy atom. The molecule has 0 bridgehead atoms. The van der Waals surface area contributed by atoms with Crippen molar-refractivity contribution in [1.82, 2.24) is 0 Å². The van der Waals surface area contributed by atoms with Gasteiger partial charge in [0.25, 0.3) is 0 Å². The van der Waals surface area contributed by atoms with Gasteiger partial charge in [0.2, 0.25) is 0 Å². The highest BCUT2D eigenvalue weighted by Crippen LogP contribution is 2.47. The molecule has 2 fully saturated rings. The highest BCUT2D eigenvalue weighted by molar-refractivity contribution is 5.82. The quantitative estimate of drug-likeness (QED) is 0.579. The minimum absolute atomic E-state index is 0.108. The molecule has 3 heteroatoms. The monoisotopic (exact) mass is 266 g/mol. The fourth-order valence-electron chi connectivity index (χ4n) is 3.40. The minimum atomic E-state index is -0.307. The van der Waals surface area contributed by atoms with Crippen LogP contribution in [0.5, 0.6) is 0 Å². The molecule has 2 aliphatic carbocycles. The van der Waals surface area contributed by atoms with E-state index < -0.39 is 0 Å². The molecule has 2 rings (SSSR count). The van der Waals surface area contributed by atoms with E-state index in [4.69, 9.17) is 4.74 Å². The van der Waals surface area contributed by atoms with Gasteiger partial charge in [-0.05, 0) is 50.4 Å². The van der Waals surface area contributed by atoms with Gasteiger partial charge in [0.1, 0.15) is 11.9 Å². The van der Waals surface area contributed by atoms with Crippen LogP contribution >= 0.6 is 0 Å². The van der Waals surface area contributed by atoms with Crippen molar-refractivity contribution < 1.29 is 14.3 Å². The summed E-state index contributed by atoms with van der Waals surface area (Å²) < 4.78 is 5.74.